The van der Waals surface area contributed by atoms with Crippen LogP contribution in [0, 0.1) is 0 Å². The van der Waals surface area contributed by atoms with Crippen molar-refractivity contribution in [3.63, 3.8) is 0 Å². The van der Waals surface area contributed by atoms with Crippen LogP contribution in [0.3, 0.4) is 0 Å². The lowest BCUT2D eigenvalue weighted by Gasteiger charge is -2.32. The van der Waals surface area contributed by atoms with Crippen LogP contribution in [-0.4, -0.2) is 83.6 Å². The van der Waals surface area contributed by atoms with Gasteiger partial charge in [0, 0.05) is 32.7 Å². The van der Waals surface area contributed by atoms with Gasteiger partial charge in [0.2, 0.25) is 5.91 Å². The number of likely N-dealkylation sites (N-methyl/N-ethyl adjacent to an activating group) is 1. The Morgan fingerprint density at radius 2 is 1.70 bits per heavy atom. The molecule has 0 spiro atoms. The maximum atomic E-state index is 13.4. The first-order valence-corrected chi connectivity index (χ1v) is 12.8. The first-order chi connectivity index (χ1) is 15.9. The molecule has 2 aromatic rings. The Kier molecular flexibility index (Phi) is 9.11. The maximum Gasteiger partial charge on any atom is 0.264 e. The normalized spacial score (nSPS) is 15.2. The minimum atomic E-state index is -3.93. The standard InChI is InChI=1S/C24H34N4O4S/c1-3-32-22-10-12-23(13-11-22)33(30,31)28(21-8-5-4-6-9-21)20-24(29)25-14-7-15-27-18-16-26(2)17-19-27/h4-6,8-13H,3,7,14-20H2,1-2H3,(H,25,29). The van der Waals surface area contributed by atoms with Crippen molar-refractivity contribution in [3.8, 4) is 5.75 Å². The quantitative estimate of drug-likeness (QED) is 0.502. The molecule has 1 saturated heterocycles. The molecule has 0 unspecified atom stereocenters. The van der Waals surface area contributed by atoms with Gasteiger partial charge < -0.3 is 19.9 Å². The summed E-state index contributed by atoms with van der Waals surface area (Å²) in [6, 6.07) is 14.9. The van der Waals surface area contributed by atoms with Crippen LogP contribution in [0.25, 0.3) is 0 Å². The van der Waals surface area contributed by atoms with Gasteiger partial charge in [-0.2, -0.15) is 0 Å². The Bertz CT molecular complexity index is 975. The molecule has 33 heavy (non-hydrogen) atoms. The van der Waals surface area contributed by atoms with E-state index in [-0.39, 0.29) is 17.3 Å². The molecule has 1 N–H and O–H groups in total. The van der Waals surface area contributed by atoms with E-state index in [0.717, 1.165) is 43.4 Å². The van der Waals surface area contributed by atoms with Gasteiger partial charge in [0.15, 0.2) is 0 Å². The fourth-order valence-corrected chi connectivity index (χ4v) is 5.12. The predicted octanol–water partition coefficient (Wildman–Crippen LogP) is 2.03. The summed E-state index contributed by atoms with van der Waals surface area (Å²) < 4.78 is 33.3. The van der Waals surface area contributed by atoms with Gasteiger partial charge in [0.25, 0.3) is 10.0 Å². The molecule has 2 aromatic carbocycles. The van der Waals surface area contributed by atoms with E-state index in [4.69, 9.17) is 4.74 Å². The topological polar surface area (TPSA) is 82.2 Å². The first-order valence-electron chi connectivity index (χ1n) is 11.4. The summed E-state index contributed by atoms with van der Waals surface area (Å²) in [6.07, 6.45) is 0.826. The van der Waals surface area contributed by atoms with E-state index in [2.05, 4.69) is 22.2 Å². The zero-order valence-electron chi connectivity index (χ0n) is 19.4. The molecule has 1 heterocycles. The van der Waals surface area contributed by atoms with E-state index in [9.17, 15) is 13.2 Å². The second kappa shape index (κ2) is 12.0. The second-order valence-corrected chi connectivity index (χ2v) is 9.96. The lowest BCUT2D eigenvalue weighted by molar-refractivity contribution is -0.119. The number of ether oxygens (including phenoxy) is 1. The lowest BCUT2D eigenvalue weighted by Crippen LogP contribution is -2.45. The van der Waals surface area contributed by atoms with Gasteiger partial charge in [-0.05, 0) is 63.3 Å². The summed E-state index contributed by atoms with van der Waals surface area (Å²) in [7, 11) is -1.81. The maximum absolute atomic E-state index is 13.4. The number of para-hydroxylation sites is 1. The van der Waals surface area contributed by atoms with Gasteiger partial charge in [-0.3, -0.25) is 9.10 Å². The van der Waals surface area contributed by atoms with E-state index in [0.29, 0.717) is 24.6 Å². The molecule has 0 aromatic heterocycles. The van der Waals surface area contributed by atoms with Crippen LogP contribution < -0.4 is 14.4 Å². The predicted molar refractivity (Wildman–Crippen MR) is 130 cm³/mol. The number of anilines is 1. The van der Waals surface area contributed by atoms with Crippen molar-refractivity contribution in [2.45, 2.75) is 18.2 Å². The van der Waals surface area contributed by atoms with Crippen molar-refractivity contribution < 1.29 is 17.9 Å². The summed E-state index contributed by atoms with van der Waals surface area (Å²) in [5.74, 6) is 0.271. The zero-order valence-corrected chi connectivity index (χ0v) is 20.3. The Hall–Kier alpha value is -2.62. The molecule has 8 nitrogen and oxygen atoms in total. The van der Waals surface area contributed by atoms with Crippen LogP contribution in [0.15, 0.2) is 59.5 Å². The van der Waals surface area contributed by atoms with Gasteiger partial charge >= 0.3 is 0 Å². The van der Waals surface area contributed by atoms with Crippen LogP contribution in [0.4, 0.5) is 5.69 Å². The Morgan fingerprint density at radius 1 is 1.03 bits per heavy atom. The summed E-state index contributed by atoms with van der Waals surface area (Å²) in [4.78, 5) is 17.5. The summed E-state index contributed by atoms with van der Waals surface area (Å²) in [5.41, 5.74) is 0.443. The van der Waals surface area contributed by atoms with E-state index in [1.807, 2.05) is 13.0 Å². The number of amides is 1. The number of carbonyl (C=O) groups excluding carboxylic acids is 1. The molecule has 1 amide bonds. The van der Waals surface area contributed by atoms with E-state index >= 15 is 0 Å². The molecule has 0 radical (unpaired) electrons. The van der Waals surface area contributed by atoms with Gasteiger partial charge in [-0.15, -0.1) is 0 Å². The monoisotopic (exact) mass is 474 g/mol. The largest absolute Gasteiger partial charge is 0.494 e. The molecule has 1 aliphatic rings. The van der Waals surface area contributed by atoms with Crippen LogP contribution in [0.2, 0.25) is 0 Å². The Balaban J connectivity index is 1.62. The van der Waals surface area contributed by atoms with Crippen molar-refractivity contribution in [2.24, 2.45) is 0 Å². The van der Waals surface area contributed by atoms with Crippen molar-refractivity contribution in [2.75, 3.05) is 63.8 Å². The third-order valence-electron chi connectivity index (χ3n) is 5.62. The molecule has 0 aliphatic carbocycles. The number of benzene rings is 2. The number of rotatable bonds is 11. The second-order valence-electron chi connectivity index (χ2n) is 8.10. The Labute approximate surface area is 197 Å². The van der Waals surface area contributed by atoms with E-state index in [1.165, 1.54) is 12.1 Å². The first kappa shape index (κ1) is 25.0. The SMILES string of the molecule is CCOc1ccc(S(=O)(=O)N(CC(=O)NCCCN2CCN(C)CC2)c2ccccc2)cc1. The molecule has 1 fully saturated rings. The molecule has 180 valence electrons. The fraction of sp³-hybridized carbons (Fsp3) is 0.458. The van der Waals surface area contributed by atoms with Crippen LogP contribution in [-0.2, 0) is 14.8 Å². The zero-order chi connectivity index (χ0) is 23.7. The molecule has 0 atom stereocenters. The highest BCUT2D eigenvalue weighted by atomic mass is 32.2. The molecule has 0 saturated carbocycles. The number of nitrogens with one attached hydrogen (secondary N) is 1. The molecule has 1 aliphatic heterocycles. The highest BCUT2D eigenvalue weighted by Gasteiger charge is 2.27. The minimum absolute atomic E-state index is 0.109. The minimum Gasteiger partial charge on any atom is -0.494 e. The van der Waals surface area contributed by atoms with Crippen molar-refractivity contribution in [1.29, 1.82) is 0 Å². The Morgan fingerprint density at radius 3 is 2.33 bits per heavy atom. The molecule has 3 rings (SSSR count). The summed E-state index contributed by atoms with van der Waals surface area (Å²) >= 11 is 0. The number of nitrogens with zero attached hydrogens (tertiary/aromatic N) is 3. The molecule has 9 heteroatoms. The van der Waals surface area contributed by atoms with Gasteiger partial charge in [-0.1, -0.05) is 18.2 Å². The van der Waals surface area contributed by atoms with Gasteiger partial charge in [0.1, 0.15) is 12.3 Å². The van der Waals surface area contributed by atoms with Crippen molar-refractivity contribution in [1.82, 2.24) is 15.1 Å². The highest BCUT2D eigenvalue weighted by Crippen LogP contribution is 2.25. The van der Waals surface area contributed by atoms with E-state index in [1.54, 1.807) is 36.4 Å². The molecular weight excluding hydrogens is 440 g/mol. The lowest BCUT2D eigenvalue weighted by atomic mass is 10.3. The third kappa shape index (κ3) is 7.18. The smallest absolute Gasteiger partial charge is 0.264 e. The average Bonchev–Trinajstić information content (AvgIpc) is 2.82. The summed E-state index contributed by atoms with van der Waals surface area (Å²) in [5, 5.41) is 2.88. The number of hydrogen-bond donors (Lipinski definition) is 1. The molecular formula is C24H34N4O4S. The van der Waals surface area contributed by atoms with Gasteiger partial charge in [0.05, 0.1) is 17.2 Å². The number of piperazine rings is 1. The number of carbonyl (C=O) groups is 1. The average molecular weight is 475 g/mol. The fourth-order valence-electron chi connectivity index (χ4n) is 3.70. The number of sulfonamides is 1. The van der Waals surface area contributed by atoms with Crippen molar-refractivity contribution >= 4 is 21.6 Å². The van der Waals surface area contributed by atoms with Gasteiger partial charge in [-0.25, -0.2) is 8.42 Å². The van der Waals surface area contributed by atoms with Crippen LogP contribution >= 0.6 is 0 Å². The van der Waals surface area contributed by atoms with Crippen molar-refractivity contribution in [3.05, 3.63) is 54.6 Å². The van der Waals surface area contributed by atoms with E-state index < -0.39 is 10.0 Å². The third-order valence-corrected chi connectivity index (χ3v) is 7.41. The molecule has 0 bridgehead atoms. The van der Waals surface area contributed by atoms with Crippen LogP contribution in [0.1, 0.15) is 13.3 Å². The highest BCUT2D eigenvalue weighted by molar-refractivity contribution is 7.92. The summed E-state index contributed by atoms with van der Waals surface area (Å²) in [6.45, 7) is 7.69. The number of hydrogen-bond acceptors (Lipinski definition) is 6. The van der Waals surface area contributed by atoms with Crippen LogP contribution in [0.5, 0.6) is 5.75 Å².